The molecular weight excluding hydrogens is 544 g/mol. The first-order valence-electron chi connectivity index (χ1n) is 13.3. The summed E-state index contributed by atoms with van der Waals surface area (Å²) in [4.78, 5) is 39.7. The molecule has 0 aromatic heterocycles. The number of ketones is 1. The van der Waals surface area contributed by atoms with E-state index in [1.807, 2.05) is 0 Å². The molecule has 0 spiro atoms. The number of aliphatic imine (C=N–C) groups is 1. The number of nitrogens with two attached hydrogens (primary N) is 1. The fraction of sp³-hybridized carbons (Fsp3) is 0.692. The van der Waals surface area contributed by atoms with Gasteiger partial charge in [-0.3, -0.25) is 14.6 Å². The molecule has 0 bridgehead atoms. The molecule has 0 saturated carbocycles. The molecule has 0 amide bonds. The lowest BCUT2D eigenvalue weighted by molar-refractivity contribution is -0.140. The molecule has 10 N–H and O–H groups in total. The summed E-state index contributed by atoms with van der Waals surface area (Å²) in [5, 5.41) is 65.2. The first-order chi connectivity index (χ1) is 19.3. The van der Waals surface area contributed by atoms with E-state index in [0.717, 1.165) is 0 Å². The van der Waals surface area contributed by atoms with Gasteiger partial charge in [0.15, 0.2) is 11.5 Å². The zero-order chi connectivity index (χ0) is 30.8. The topological polar surface area (TPSA) is 253 Å². The highest BCUT2D eigenvalue weighted by Crippen LogP contribution is 2.31. The Morgan fingerprint density at radius 1 is 0.927 bits per heavy atom. The largest absolute Gasteiger partial charge is 0.493 e. The highest BCUT2D eigenvalue weighted by atomic mass is 16.5. The van der Waals surface area contributed by atoms with Crippen molar-refractivity contribution >= 4 is 23.4 Å². The number of carboxylic acids is 2. The van der Waals surface area contributed by atoms with E-state index < -0.39 is 54.2 Å². The summed E-state index contributed by atoms with van der Waals surface area (Å²) >= 11 is 0. The van der Waals surface area contributed by atoms with Crippen LogP contribution in [0.4, 0.5) is 0 Å². The Labute approximate surface area is 237 Å². The van der Waals surface area contributed by atoms with E-state index in [1.54, 1.807) is 0 Å². The van der Waals surface area contributed by atoms with Crippen LogP contribution in [0.15, 0.2) is 27.9 Å². The van der Waals surface area contributed by atoms with E-state index >= 15 is 0 Å². The van der Waals surface area contributed by atoms with Crippen LogP contribution in [0.1, 0.15) is 51.4 Å². The third kappa shape index (κ3) is 9.39. The summed E-state index contributed by atoms with van der Waals surface area (Å²) < 4.78 is 10.6. The van der Waals surface area contributed by atoms with Crippen molar-refractivity contribution in [1.82, 2.24) is 10.6 Å². The number of hydrogen-bond donors (Lipinski definition) is 9. The maximum atomic E-state index is 12.4. The van der Waals surface area contributed by atoms with Crippen molar-refractivity contribution in [2.75, 3.05) is 40.5 Å². The molecule has 2 aliphatic carbocycles. The minimum Gasteiger partial charge on any atom is -0.493 e. The molecule has 2 rings (SSSR count). The molecule has 0 radical (unpaired) electrons. The molecule has 2 aliphatic rings. The molecular formula is C26H42N4O11. The van der Waals surface area contributed by atoms with Gasteiger partial charge in [-0.25, -0.2) is 4.79 Å². The van der Waals surface area contributed by atoms with Crippen LogP contribution in [0.2, 0.25) is 0 Å². The number of hydrogen-bond acceptors (Lipinski definition) is 13. The number of allylic oxidation sites excluding steroid dienone is 2. The van der Waals surface area contributed by atoms with Crippen LogP contribution in [0.3, 0.4) is 0 Å². The Morgan fingerprint density at radius 2 is 1.54 bits per heavy atom. The molecule has 0 aliphatic heterocycles. The van der Waals surface area contributed by atoms with Gasteiger partial charge < -0.3 is 56.5 Å². The van der Waals surface area contributed by atoms with E-state index in [-0.39, 0.29) is 63.1 Å². The van der Waals surface area contributed by atoms with Gasteiger partial charge >= 0.3 is 11.9 Å². The molecule has 0 aromatic carbocycles. The maximum absolute atomic E-state index is 12.4. The third-order valence-corrected chi connectivity index (χ3v) is 7.01. The average Bonchev–Trinajstić information content (AvgIpc) is 2.92. The van der Waals surface area contributed by atoms with E-state index in [2.05, 4.69) is 15.6 Å². The lowest BCUT2D eigenvalue weighted by Crippen LogP contribution is -2.46. The van der Waals surface area contributed by atoms with Crippen molar-refractivity contribution in [3.8, 4) is 0 Å². The first kappa shape index (κ1) is 34.0. The molecule has 232 valence electrons. The smallest absolute Gasteiger partial charge is 0.326 e. The Bertz CT molecular complexity index is 1060. The number of methoxy groups -OCH3 is 2. The average molecular weight is 587 g/mol. The van der Waals surface area contributed by atoms with Gasteiger partial charge in [-0.15, -0.1) is 0 Å². The normalized spacial score (nSPS) is 25.6. The molecule has 0 heterocycles. The van der Waals surface area contributed by atoms with Gasteiger partial charge in [-0.05, 0) is 25.7 Å². The summed E-state index contributed by atoms with van der Waals surface area (Å²) in [6.07, 6.45) is 0.524. The molecule has 15 nitrogen and oxygen atoms in total. The van der Waals surface area contributed by atoms with Gasteiger partial charge in [-0.1, -0.05) is 0 Å². The molecule has 4 unspecified atom stereocenters. The van der Waals surface area contributed by atoms with E-state index in [9.17, 15) is 39.9 Å². The first-order valence-corrected chi connectivity index (χ1v) is 13.3. The van der Waals surface area contributed by atoms with Crippen LogP contribution in [0.5, 0.6) is 0 Å². The monoisotopic (exact) mass is 586 g/mol. The third-order valence-electron chi connectivity index (χ3n) is 7.01. The number of nitrogens with zero attached hydrogens (tertiary/aromatic N) is 1. The zero-order valence-electron chi connectivity index (χ0n) is 23.4. The number of aliphatic carboxylic acids is 2. The van der Waals surface area contributed by atoms with Gasteiger partial charge in [0.2, 0.25) is 5.78 Å². The molecule has 0 aromatic rings. The van der Waals surface area contributed by atoms with Crippen molar-refractivity contribution < 1.29 is 54.5 Å². The molecule has 0 saturated heterocycles. The second kappa shape index (κ2) is 15.1. The van der Waals surface area contributed by atoms with Crippen molar-refractivity contribution in [2.24, 2.45) is 10.7 Å². The highest BCUT2D eigenvalue weighted by molar-refractivity contribution is 6.00. The fourth-order valence-corrected chi connectivity index (χ4v) is 4.81. The van der Waals surface area contributed by atoms with Crippen molar-refractivity contribution in [1.29, 1.82) is 0 Å². The fourth-order valence-electron chi connectivity index (χ4n) is 4.81. The van der Waals surface area contributed by atoms with Gasteiger partial charge in [-0.2, -0.15) is 0 Å². The number of ether oxygens (including phenoxy) is 2. The number of aliphatic hydroxyl groups excluding tert-OH is 2. The Morgan fingerprint density at radius 3 is 2.10 bits per heavy atom. The number of carboxylic acid groups (broad SMARTS) is 2. The number of nitrogens with one attached hydrogen (secondary N) is 2. The van der Waals surface area contributed by atoms with Gasteiger partial charge in [0, 0.05) is 38.8 Å². The number of Topliss-reactive ketones (excluding diaryl/α,β-unsaturated/α-hetero) is 1. The number of carbonyl (C=O) groups excluding carboxylic acids is 1. The SMILES string of the molecule is COC1=C(NC(CCCNC2=C(OC)C(=NCCCC(N)C(=O)O)CC(O)(CO)C2)C(=O)O)CC(O)(CO)CC1=O. The second-order valence-electron chi connectivity index (χ2n) is 10.4. The van der Waals surface area contributed by atoms with Gasteiger partial charge in [0.05, 0.1) is 50.1 Å². The lowest BCUT2D eigenvalue weighted by atomic mass is 9.85. The van der Waals surface area contributed by atoms with Gasteiger partial charge in [0.25, 0.3) is 0 Å². The summed E-state index contributed by atoms with van der Waals surface area (Å²) in [6.45, 7) is -0.734. The Kier molecular flexibility index (Phi) is 12.5. The van der Waals surface area contributed by atoms with Crippen LogP contribution >= 0.6 is 0 Å². The van der Waals surface area contributed by atoms with Crippen LogP contribution in [0.25, 0.3) is 0 Å². The second-order valence-corrected chi connectivity index (χ2v) is 10.4. The quantitative estimate of drug-likeness (QED) is 0.0866. The zero-order valence-corrected chi connectivity index (χ0v) is 23.4. The summed E-state index contributed by atoms with van der Waals surface area (Å²) in [6, 6.07) is -2.15. The number of aliphatic hydroxyl groups is 4. The van der Waals surface area contributed by atoms with E-state index in [0.29, 0.717) is 30.0 Å². The number of rotatable bonds is 17. The lowest BCUT2D eigenvalue weighted by Gasteiger charge is -2.34. The van der Waals surface area contributed by atoms with Crippen LogP contribution in [-0.4, -0.2) is 118 Å². The minimum absolute atomic E-state index is 0.0176. The van der Waals surface area contributed by atoms with Gasteiger partial charge in [0.1, 0.15) is 17.7 Å². The summed E-state index contributed by atoms with van der Waals surface area (Å²) in [5.41, 5.74) is 3.24. The van der Waals surface area contributed by atoms with Crippen molar-refractivity contribution in [3.63, 3.8) is 0 Å². The molecule has 4 atom stereocenters. The van der Waals surface area contributed by atoms with Crippen LogP contribution in [0, 0.1) is 0 Å². The van der Waals surface area contributed by atoms with Crippen LogP contribution < -0.4 is 16.4 Å². The van der Waals surface area contributed by atoms with E-state index in [4.69, 9.17) is 20.3 Å². The van der Waals surface area contributed by atoms with Crippen LogP contribution in [-0.2, 0) is 23.9 Å². The minimum atomic E-state index is -1.72. The predicted molar refractivity (Wildman–Crippen MR) is 145 cm³/mol. The molecule has 41 heavy (non-hydrogen) atoms. The number of carbonyl (C=O) groups is 3. The summed E-state index contributed by atoms with van der Waals surface area (Å²) in [7, 11) is 2.69. The Balaban J connectivity index is 2.09. The summed E-state index contributed by atoms with van der Waals surface area (Å²) in [5.74, 6) is -2.58. The highest BCUT2D eigenvalue weighted by Gasteiger charge is 2.40. The molecule has 15 heteroatoms. The standard InChI is InChI=1S/C26H42N4O11/c1-40-21-17(28-7-3-5-15(27)23(34)35)9-25(38,13-31)10-18(21)29-8-4-6-16(24(36)37)30-19-11-26(39,14-32)12-20(33)22(19)41-2/h15-16,29-32,38-39H,3-14,27H2,1-2H3,(H,34,35)(H,36,37). The maximum Gasteiger partial charge on any atom is 0.326 e. The molecule has 0 fully saturated rings. The predicted octanol–water partition coefficient (Wildman–Crippen LogP) is -1.65. The van der Waals surface area contributed by atoms with Crippen molar-refractivity contribution in [2.45, 2.75) is 74.7 Å². The van der Waals surface area contributed by atoms with Crippen molar-refractivity contribution in [3.05, 3.63) is 22.9 Å². The Hall–Kier alpha value is -3.24. The van der Waals surface area contributed by atoms with E-state index in [1.165, 1.54) is 14.2 Å².